The molecule has 0 saturated carbocycles. The van der Waals surface area contributed by atoms with E-state index in [1.54, 1.807) is 56.5 Å². The Bertz CT molecular complexity index is 946. The van der Waals surface area contributed by atoms with E-state index >= 15 is 0 Å². The van der Waals surface area contributed by atoms with Gasteiger partial charge in [0.2, 0.25) is 5.78 Å². The molecular formula is C21H20O7. The van der Waals surface area contributed by atoms with Crippen molar-refractivity contribution in [1.29, 1.82) is 0 Å². The van der Waals surface area contributed by atoms with Crippen LogP contribution in [0.5, 0.6) is 23.0 Å². The lowest BCUT2D eigenvalue weighted by molar-refractivity contribution is -0.147. The Morgan fingerprint density at radius 1 is 1.11 bits per heavy atom. The number of allylic oxidation sites excluding steroid dienone is 1. The van der Waals surface area contributed by atoms with Crippen LogP contribution in [0.4, 0.5) is 0 Å². The van der Waals surface area contributed by atoms with Gasteiger partial charge in [0.15, 0.2) is 23.4 Å². The molecule has 1 atom stereocenters. The second-order valence-corrected chi connectivity index (χ2v) is 5.96. The van der Waals surface area contributed by atoms with E-state index in [9.17, 15) is 9.59 Å². The van der Waals surface area contributed by atoms with Gasteiger partial charge in [-0.25, -0.2) is 4.79 Å². The number of para-hydroxylation sites is 1. The molecule has 0 aliphatic carbocycles. The molecule has 0 aromatic heterocycles. The van der Waals surface area contributed by atoms with E-state index in [0.717, 1.165) is 0 Å². The highest BCUT2D eigenvalue weighted by atomic mass is 16.6. The molecule has 0 amide bonds. The molecule has 1 aliphatic rings. The van der Waals surface area contributed by atoms with Gasteiger partial charge in [-0.3, -0.25) is 4.79 Å². The molecule has 1 aliphatic heterocycles. The number of ketones is 1. The zero-order valence-electron chi connectivity index (χ0n) is 16.0. The Hall–Kier alpha value is -3.48. The summed E-state index contributed by atoms with van der Waals surface area (Å²) >= 11 is 0. The molecule has 3 rings (SSSR count). The summed E-state index contributed by atoms with van der Waals surface area (Å²) in [5, 5.41) is 0. The van der Waals surface area contributed by atoms with Gasteiger partial charge in [-0.15, -0.1) is 0 Å². The van der Waals surface area contributed by atoms with Crippen LogP contribution in [0.15, 0.2) is 42.2 Å². The molecule has 0 fully saturated rings. The molecule has 0 N–H and O–H groups in total. The van der Waals surface area contributed by atoms with Crippen LogP contribution in [0.1, 0.15) is 22.8 Å². The van der Waals surface area contributed by atoms with Gasteiger partial charge in [-0.2, -0.15) is 0 Å². The number of hydrogen-bond donors (Lipinski definition) is 0. The third-order valence-corrected chi connectivity index (χ3v) is 4.21. The van der Waals surface area contributed by atoms with E-state index in [4.69, 9.17) is 18.9 Å². The van der Waals surface area contributed by atoms with Crippen molar-refractivity contribution in [3.8, 4) is 23.0 Å². The normalized spacial score (nSPS) is 14.9. The standard InChI is InChI=1S/C21H20O7/c1-12(21(23)26-4)27-14-8-9-15-17(11-14)28-18(19(15)22)10-13-6-5-7-16(24-2)20(13)25-3/h5-12H,1-4H3/b18-10-. The first-order chi connectivity index (χ1) is 13.5. The predicted octanol–water partition coefficient (Wildman–Crippen LogP) is 3.26. The van der Waals surface area contributed by atoms with Gasteiger partial charge < -0.3 is 23.7 Å². The van der Waals surface area contributed by atoms with Crippen LogP contribution in [0.3, 0.4) is 0 Å². The van der Waals surface area contributed by atoms with Crippen molar-refractivity contribution in [2.45, 2.75) is 13.0 Å². The highest BCUT2D eigenvalue weighted by Crippen LogP contribution is 2.37. The first kappa shape index (κ1) is 19.3. The largest absolute Gasteiger partial charge is 0.493 e. The third-order valence-electron chi connectivity index (χ3n) is 4.21. The molecule has 0 radical (unpaired) electrons. The van der Waals surface area contributed by atoms with Crippen LogP contribution >= 0.6 is 0 Å². The number of fused-ring (bicyclic) bond motifs is 1. The smallest absolute Gasteiger partial charge is 0.346 e. The Morgan fingerprint density at radius 3 is 2.57 bits per heavy atom. The van der Waals surface area contributed by atoms with E-state index in [1.807, 2.05) is 0 Å². The Kier molecular flexibility index (Phi) is 5.54. The molecule has 1 unspecified atom stereocenters. The number of hydrogen-bond acceptors (Lipinski definition) is 7. The molecule has 1 heterocycles. The quantitative estimate of drug-likeness (QED) is 0.559. The summed E-state index contributed by atoms with van der Waals surface area (Å²) < 4.78 is 26.6. The second kappa shape index (κ2) is 8.04. The van der Waals surface area contributed by atoms with Crippen LogP contribution in [-0.4, -0.2) is 39.2 Å². The lowest BCUT2D eigenvalue weighted by atomic mass is 10.1. The van der Waals surface area contributed by atoms with Crippen molar-refractivity contribution in [3.63, 3.8) is 0 Å². The van der Waals surface area contributed by atoms with Gasteiger partial charge in [0.05, 0.1) is 26.9 Å². The molecule has 7 heteroatoms. The zero-order chi connectivity index (χ0) is 20.3. The minimum absolute atomic E-state index is 0.153. The van der Waals surface area contributed by atoms with Crippen molar-refractivity contribution in [2.24, 2.45) is 0 Å². The molecule has 28 heavy (non-hydrogen) atoms. The SMILES string of the molecule is COC(=O)C(C)Oc1ccc2c(c1)O/C(=C\c1cccc(OC)c1OC)C2=O. The zero-order valence-corrected chi connectivity index (χ0v) is 16.0. The van der Waals surface area contributed by atoms with Crippen molar-refractivity contribution < 1.29 is 33.3 Å². The van der Waals surface area contributed by atoms with Gasteiger partial charge in [0.25, 0.3) is 0 Å². The van der Waals surface area contributed by atoms with Crippen molar-refractivity contribution in [3.05, 3.63) is 53.3 Å². The summed E-state index contributed by atoms with van der Waals surface area (Å²) in [6, 6.07) is 10.1. The third kappa shape index (κ3) is 3.64. The summed E-state index contributed by atoms with van der Waals surface area (Å²) in [4.78, 5) is 24.2. The monoisotopic (exact) mass is 384 g/mol. The average molecular weight is 384 g/mol. The number of carbonyl (C=O) groups excluding carboxylic acids is 2. The summed E-state index contributed by atoms with van der Waals surface area (Å²) in [5.74, 6) is 1.20. The van der Waals surface area contributed by atoms with Crippen molar-refractivity contribution >= 4 is 17.8 Å². The topological polar surface area (TPSA) is 80.3 Å². The van der Waals surface area contributed by atoms with E-state index in [0.29, 0.717) is 34.1 Å². The van der Waals surface area contributed by atoms with Gasteiger partial charge in [-0.1, -0.05) is 12.1 Å². The van der Waals surface area contributed by atoms with Crippen molar-refractivity contribution in [1.82, 2.24) is 0 Å². The van der Waals surface area contributed by atoms with E-state index in [-0.39, 0.29) is 11.5 Å². The van der Waals surface area contributed by atoms with E-state index < -0.39 is 12.1 Å². The number of ether oxygens (including phenoxy) is 5. The number of methoxy groups -OCH3 is 3. The molecule has 7 nitrogen and oxygen atoms in total. The number of Topliss-reactive ketones (excluding diaryl/α,β-unsaturated/α-hetero) is 1. The number of rotatable bonds is 6. The second-order valence-electron chi connectivity index (χ2n) is 5.96. The summed E-state index contributed by atoms with van der Waals surface area (Å²) in [6.45, 7) is 1.57. The lowest BCUT2D eigenvalue weighted by Gasteiger charge is -2.12. The first-order valence-corrected chi connectivity index (χ1v) is 8.52. The highest BCUT2D eigenvalue weighted by molar-refractivity contribution is 6.14. The summed E-state index contributed by atoms with van der Waals surface area (Å²) in [5.41, 5.74) is 1.06. The van der Waals surface area contributed by atoms with Gasteiger partial charge in [-0.05, 0) is 31.2 Å². The van der Waals surface area contributed by atoms with Gasteiger partial charge in [0.1, 0.15) is 11.5 Å². The van der Waals surface area contributed by atoms with Crippen LogP contribution in [0, 0.1) is 0 Å². The minimum Gasteiger partial charge on any atom is -0.493 e. The van der Waals surface area contributed by atoms with Gasteiger partial charge in [0, 0.05) is 11.6 Å². The summed E-state index contributed by atoms with van der Waals surface area (Å²) in [7, 11) is 4.35. The molecule has 0 spiro atoms. The van der Waals surface area contributed by atoms with Crippen LogP contribution in [0.25, 0.3) is 6.08 Å². The first-order valence-electron chi connectivity index (χ1n) is 8.52. The molecule has 146 valence electrons. The van der Waals surface area contributed by atoms with Gasteiger partial charge >= 0.3 is 5.97 Å². The maximum Gasteiger partial charge on any atom is 0.346 e. The Morgan fingerprint density at radius 2 is 1.89 bits per heavy atom. The maximum atomic E-state index is 12.7. The minimum atomic E-state index is -0.781. The van der Waals surface area contributed by atoms with Crippen molar-refractivity contribution in [2.75, 3.05) is 21.3 Å². The van der Waals surface area contributed by atoms with E-state index in [2.05, 4.69) is 4.74 Å². The molecule has 0 bridgehead atoms. The fourth-order valence-electron chi connectivity index (χ4n) is 2.83. The molecule has 2 aromatic carbocycles. The molecule has 2 aromatic rings. The van der Waals surface area contributed by atoms with Crippen LogP contribution in [0.2, 0.25) is 0 Å². The number of carbonyl (C=O) groups is 2. The lowest BCUT2D eigenvalue weighted by Crippen LogP contribution is -2.24. The number of benzene rings is 2. The van der Waals surface area contributed by atoms with E-state index in [1.165, 1.54) is 14.2 Å². The summed E-state index contributed by atoms with van der Waals surface area (Å²) in [6.07, 6.45) is 0.817. The van der Waals surface area contributed by atoms with Crippen LogP contribution < -0.4 is 18.9 Å². The fraction of sp³-hybridized carbons (Fsp3) is 0.238. The Balaban J connectivity index is 1.88. The number of esters is 1. The Labute approximate surface area is 162 Å². The molecule has 0 saturated heterocycles. The average Bonchev–Trinajstić information content (AvgIpc) is 3.01. The fourth-order valence-corrected chi connectivity index (χ4v) is 2.83. The predicted molar refractivity (Wildman–Crippen MR) is 101 cm³/mol. The highest BCUT2D eigenvalue weighted by Gasteiger charge is 2.29. The maximum absolute atomic E-state index is 12.7. The molecular weight excluding hydrogens is 364 g/mol. The van der Waals surface area contributed by atoms with Crippen LogP contribution in [-0.2, 0) is 9.53 Å².